The van der Waals surface area contributed by atoms with Crippen molar-refractivity contribution in [3.63, 3.8) is 0 Å². The van der Waals surface area contributed by atoms with Gasteiger partial charge in [0.05, 0.1) is 17.6 Å². The lowest BCUT2D eigenvalue weighted by Gasteiger charge is -2.11. The monoisotopic (exact) mass is 279 g/mol. The van der Waals surface area contributed by atoms with E-state index in [1.807, 2.05) is 0 Å². The van der Waals surface area contributed by atoms with Crippen molar-refractivity contribution < 1.29 is 19.2 Å². The maximum Gasteiger partial charge on any atom is 0.276 e. The minimum Gasteiger partial charge on any atom is -0.485 e. The van der Waals surface area contributed by atoms with Crippen LogP contribution in [0.15, 0.2) is 12.1 Å². The molecule has 0 saturated carbocycles. The molecule has 1 heterocycles. The second kappa shape index (κ2) is 6.00. The van der Waals surface area contributed by atoms with Crippen LogP contribution in [0.5, 0.6) is 5.75 Å². The third kappa shape index (κ3) is 3.14. The van der Waals surface area contributed by atoms with Crippen LogP contribution in [0.2, 0.25) is 0 Å². The lowest BCUT2D eigenvalue weighted by Crippen LogP contribution is -2.21. The average molecular weight is 279 g/mol. The predicted octanol–water partition coefficient (Wildman–Crippen LogP) is 2.20. The van der Waals surface area contributed by atoms with Crippen molar-refractivity contribution in [2.45, 2.75) is 20.3 Å². The van der Waals surface area contributed by atoms with Crippen LogP contribution in [0.1, 0.15) is 17.5 Å². The Hall–Kier alpha value is -1.95. The normalized spacial score (nSPS) is 18.0. The molecule has 6 heteroatoms. The first-order valence-corrected chi connectivity index (χ1v) is 6.48. The largest absolute Gasteiger partial charge is 0.485 e. The highest BCUT2D eigenvalue weighted by molar-refractivity contribution is 5.82. The molecule has 1 unspecified atom stereocenters. The second-order valence-electron chi connectivity index (χ2n) is 4.98. The predicted molar refractivity (Wildman–Crippen MR) is 72.0 cm³/mol. The van der Waals surface area contributed by atoms with E-state index in [1.54, 1.807) is 19.9 Å². The van der Waals surface area contributed by atoms with Crippen LogP contribution in [0.25, 0.3) is 0 Å². The average Bonchev–Trinajstić information content (AvgIpc) is 2.90. The van der Waals surface area contributed by atoms with Gasteiger partial charge in [0.15, 0.2) is 5.78 Å². The Bertz CT molecular complexity index is 535. The van der Waals surface area contributed by atoms with Crippen molar-refractivity contribution in [2.75, 3.05) is 19.8 Å². The summed E-state index contributed by atoms with van der Waals surface area (Å²) < 4.78 is 10.6. The van der Waals surface area contributed by atoms with Crippen LogP contribution in [-0.4, -0.2) is 30.5 Å². The molecule has 108 valence electrons. The van der Waals surface area contributed by atoms with Crippen molar-refractivity contribution in [3.8, 4) is 5.75 Å². The molecule has 1 aliphatic heterocycles. The lowest BCUT2D eigenvalue weighted by atomic mass is 10.0. The van der Waals surface area contributed by atoms with Crippen molar-refractivity contribution in [2.24, 2.45) is 5.92 Å². The molecule has 1 atom stereocenters. The molecule has 0 radical (unpaired) electrons. The summed E-state index contributed by atoms with van der Waals surface area (Å²) in [5.41, 5.74) is 1.36. The Balaban J connectivity index is 2.07. The highest BCUT2D eigenvalue weighted by Crippen LogP contribution is 2.28. The number of ether oxygens (including phenoxy) is 2. The Morgan fingerprint density at radius 2 is 2.20 bits per heavy atom. The van der Waals surface area contributed by atoms with Gasteiger partial charge in [0, 0.05) is 18.1 Å². The molecule has 1 aromatic rings. The van der Waals surface area contributed by atoms with E-state index in [2.05, 4.69) is 0 Å². The summed E-state index contributed by atoms with van der Waals surface area (Å²) >= 11 is 0. The number of benzene rings is 1. The first kappa shape index (κ1) is 14.5. The first-order chi connectivity index (χ1) is 9.49. The van der Waals surface area contributed by atoms with Gasteiger partial charge in [-0.15, -0.1) is 0 Å². The van der Waals surface area contributed by atoms with E-state index < -0.39 is 4.92 Å². The van der Waals surface area contributed by atoms with Crippen LogP contribution >= 0.6 is 0 Å². The number of aryl methyl sites for hydroxylation is 2. The van der Waals surface area contributed by atoms with E-state index in [-0.39, 0.29) is 24.0 Å². The smallest absolute Gasteiger partial charge is 0.276 e. The van der Waals surface area contributed by atoms with Crippen LogP contribution in [0.3, 0.4) is 0 Å². The van der Waals surface area contributed by atoms with Crippen molar-refractivity contribution in [1.82, 2.24) is 0 Å². The van der Waals surface area contributed by atoms with Gasteiger partial charge in [-0.1, -0.05) is 0 Å². The highest BCUT2D eigenvalue weighted by atomic mass is 16.6. The van der Waals surface area contributed by atoms with Crippen LogP contribution in [0, 0.1) is 29.9 Å². The number of hydrogen-bond donors (Lipinski definition) is 0. The van der Waals surface area contributed by atoms with Crippen LogP contribution in [0.4, 0.5) is 5.69 Å². The van der Waals surface area contributed by atoms with E-state index in [1.165, 1.54) is 6.07 Å². The standard InChI is InChI=1S/C14H17NO5/c1-9-5-10(2)14(6-12(9)15(17)18)20-8-13(16)11-3-4-19-7-11/h5-6,11H,3-4,7-8H2,1-2H3. The number of hydrogen-bond acceptors (Lipinski definition) is 5. The van der Waals surface area contributed by atoms with Crippen LogP contribution < -0.4 is 4.74 Å². The molecule has 2 rings (SSSR count). The third-order valence-corrected chi connectivity index (χ3v) is 3.45. The highest BCUT2D eigenvalue weighted by Gasteiger charge is 2.24. The zero-order chi connectivity index (χ0) is 14.7. The molecule has 1 aliphatic rings. The molecule has 1 fully saturated rings. The number of carbonyl (C=O) groups is 1. The van der Waals surface area contributed by atoms with Gasteiger partial charge in [-0.25, -0.2) is 0 Å². The van der Waals surface area contributed by atoms with E-state index in [4.69, 9.17) is 9.47 Å². The zero-order valence-corrected chi connectivity index (χ0v) is 11.5. The van der Waals surface area contributed by atoms with Gasteiger partial charge in [0.2, 0.25) is 0 Å². The van der Waals surface area contributed by atoms with Crippen molar-refractivity contribution >= 4 is 11.5 Å². The van der Waals surface area contributed by atoms with Gasteiger partial charge in [0.25, 0.3) is 5.69 Å². The molecular weight excluding hydrogens is 262 g/mol. The molecule has 0 aliphatic carbocycles. The van der Waals surface area contributed by atoms with E-state index in [0.29, 0.717) is 24.5 Å². The quantitative estimate of drug-likeness (QED) is 0.610. The van der Waals surface area contributed by atoms with E-state index in [9.17, 15) is 14.9 Å². The molecule has 20 heavy (non-hydrogen) atoms. The van der Waals surface area contributed by atoms with E-state index in [0.717, 1.165) is 12.0 Å². The lowest BCUT2D eigenvalue weighted by molar-refractivity contribution is -0.385. The molecule has 0 aromatic heterocycles. The summed E-state index contributed by atoms with van der Waals surface area (Å²) in [5, 5.41) is 10.9. The molecule has 6 nitrogen and oxygen atoms in total. The second-order valence-corrected chi connectivity index (χ2v) is 4.98. The summed E-state index contributed by atoms with van der Waals surface area (Å²) in [7, 11) is 0. The van der Waals surface area contributed by atoms with Gasteiger partial charge < -0.3 is 9.47 Å². The number of nitro groups is 1. The zero-order valence-electron chi connectivity index (χ0n) is 11.5. The molecule has 0 N–H and O–H groups in total. The molecule has 0 spiro atoms. The third-order valence-electron chi connectivity index (χ3n) is 3.45. The van der Waals surface area contributed by atoms with E-state index >= 15 is 0 Å². The fourth-order valence-electron chi connectivity index (χ4n) is 2.23. The number of carbonyl (C=O) groups excluding carboxylic acids is 1. The fraction of sp³-hybridized carbons (Fsp3) is 0.500. The molecule has 0 amide bonds. The first-order valence-electron chi connectivity index (χ1n) is 6.48. The molecule has 1 aromatic carbocycles. The summed E-state index contributed by atoms with van der Waals surface area (Å²) in [4.78, 5) is 22.3. The fourth-order valence-corrected chi connectivity index (χ4v) is 2.23. The Labute approximate surface area is 116 Å². The topological polar surface area (TPSA) is 78.7 Å². The maximum absolute atomic E-state index is 11.9. The minimum atomic E-state index is -0.450. The SMILES string of the molecule is Cc1cc(C)c([N+](=O)[O-])cc1OCC(=O)C1CCOC1. The Morgan fingerprint density at radius 3 is 2.80 bits per heavy atom. The summed E-state index contributed by atoms with van der Waals surface area (Å²) in [6.45, 7) is 4.45. The minimum absolute atomic E-state index is 0.00208. The van der Waals surface area contributed by atoms with Gasteiger partial charge in [0.1, 0.15) is 12.4 Å². The summed E-state index contributed by atoms with van der Waals surface area (Å²) in [6.07, 6.45) is 0.717. The van der Waals surface area contributed by atoms with Gasteiger partial charge in [-0.3, -0.25) is 14.9 Å². The van der Waals surface area contributed by atoms with Gasteiger partial charge in [-0.05, 0) is 31.9 Å². The van der Waals surface area contributed by atoms with Crippen LogP contribution in [-0.2, 0) is 9.53 Å². The van der Waals surface area contributed by atoms with Crippen molar-refractivity contribution in [3.05, 3.63) is 33.4 Å². The number of nitrogens with zero attached hydrogens (tertiary/aromatic N) is 1. The number of ketones is 1. The Morgan fingerprint density at radius 1 is 1.45 bits per heavy atom. The molecule has 0 bridgehead atoms. The summed E-state index contributed by atoms with van der Waals surface area (Å²) in [6, 6.07) is 3.07. The Kier molecular flexibility index (Phi) is 4.34. The van der Waals surface area contributed by atoms with Gasteiger partial charge in [-0.2, -0.15) is 0 Å². The number of rotatable bonds is 5. The van der Waals surface area contributed by atoms with Crippen molar-refractivity contribution in [1.29, 1.82) is 0 Å². The number of nitro benzene ring substituents is 1. The number of Topliss-reactive ketones (excluding diaryl/α,β-unsaturated/α-hetero) is 1. The van der Waals surface area contributed by atoms with Gasteiger partial charge >= 0.3 is 0 Å². The molecular formula is C14H17NO5. The maximum atomic E-state index is 11.9. The molecule has 1 saturated heterocycles. The summed E-state index contributed by atoms with van der Waals surface area (Å²) in [5.74, 6) is 0.246.